The number of halogens is 2. The number of hydrogen-bond donors (Lipinski definition) is 0. The van der Waals surface area contributed by atoms with E-state index in [-0.39, 0.29) is 21.8 Å². The van der Waals surface area contributed by atoms with Crippen molar-refractivity contribution in [1.29, 1.82) is 0 Å². The number of aryl methyl sites for hydroxylation is 1. The molecule has 2 aromatic carbocycles. The molecule has 0 unspecified atom stereocenters. The van der Waals surface area contributed by atoms with Gasteiger partial charge >= 0.3 is 0 Å². The monoisotopic (exact) mass is 512 g/mol. The number of benzene rings is 2. The van der Waals surface area contributed by atoms with Crippen LogP contribution in [0.15, 0.2) is 71.6 Å². The number of hydrogen-bond acceptors (Lipinski definition) is 5. The maximum atomic E-state index is 12.5. The van der Waals surface area contributed by atoms with Crippen LogP contribution in [0.5, 0.6) is 11.5 Å². The molecule has 3 aromatic rings. The fourth-order valence-corrected chi connectivity index (χ4v) is 4.17. The van der Waals surface area contributed by atoms with Crippen LogP contribution >= 0.6 is 31.9 Å². The summed E-state index contributed by atoms with van der Waals surface area (Å²) in [5.41, 5.74) is 0.196. The number of sulfone groups is 1. The summed E-state index contributed by atoms with van der Waals surface area (Å²) in [6.45, 7) is 1.66. The van der Waals surface area contributed by atoms with Crippen LogP contribution in [0.2, 0.25) is 0 Å². The SMILES string of the molecule is Cc1cc(=O)c(Oc2ccc(Br)cc2Br)c(-c2ccc(S(C)(=O)=O)cc2)o1. The van der Waals surface area contributed by atoms with Crippen molar-refractivity contribution in [2.24, 2.45) is 0 Å². The van der Waals surface area contributed by atoms with Gasteiger partial charge in [-0.25, -0.2) is 8.42 Å². The van der Waals surface area contributed by atoms with E-state index in [2.05, 4.69) is 31.9 Å². The van der Waals surface area contributed by atoms with Gasteiger partial charge in [0, 0.05) is 22.4 Å². The Morgan fingerprint density at radius 1 is 1.00 bits per heavy atom. The lowest BCUT2D eigenvalue weighted by Crippen LogP contribution is -2.06. The molecule has 0 N–H and O–H groups in total. The topological polar surface area (TPSA) is 73.6 Å². The van der Waals surface area contributed by atoms with Gasteiger partial charge in [0.15, 0.2) is 15.6 Å². The minimum Gasteiger partial charge on any atom is -0.457 e. The molecular weight excluding hydrogens is 500 g/mol. The summed E-state index contributed by atoms with van der Waals surface area (Å²) in [4.78, 5) is 12.7. The molecule has 0 amide bonds. The van der Waals surface area contributed by atoms with Gasteiger partial charge in [0.05, 0.1) is 9.37 Å². The number of rotatable bonds is 4. The highest BCUT2D eigenvalue weighted by Crippen LogP contribution is 2.36. The Kier molecular flexibility index (Phi) is 5.60. The van der Waals surface area contributed by atoms with Crippen molar-refractivity contribution in [3.63, 3.8) is 0 Å². The van der Waals surface area contributed by atoms with E-state index < -0.39 is 9.84 Å². The zero-order chi connectivity index (χ0) is 19.8. The first-order chi connectivity index (χ1) is 12.6. The van der Waals surface area contributed by atoms with Gasteiger partial charge in [0.25, 0.3) is 0 Å². The molecule has 0 fully saturated rings. The molecule has 0 saturated heterocycles. The third kappa shape index (κ3) is 4.51. The molecule has 0 atom stereocenters. The molecule has 1 heterocycles. The molecule has 8 heteroatoms. The quantitative estimate of drug-likeness (QED) is 0.471. The average molecular weight is 514 g/mol. The fourth-order valence-electron chi connectivity index (χ4n) is 2.41. The van der Waals surface area contributed by atoms with Crippen molar-refractivity contribution >= 4 is 41.7 Å². The number of ether oxygens (including phenoxy) is 1. The molecule has 0 radical (unpaired) electrons. The second-order valence-electron chi connectivity index (χ2n) is 5.85. The van der Waals surface area contributed by atoms with Crippen molar-refractivity contribution in [2.45, 2.75) is 11.8 Å². The van der Waals surface area contributed by atoms with Crippen LogP contribution in [0.1, 0.15) is 5.76 Å². The lowest BCUT2D eigenvalue weighted by Gasteiger charge is -2.12. The Balaban J connectivity index is 2.12. The maximum absolute atomic E-state index is 12.5. The Hall–Kier alpha value is -1.90. The molecule has 0 bridgehead atoms. The Morgan fingerprint density at radius 2 is 1.67 bits per heavy atom. The van der Waals surface area contributed by atoms with Crippen LogP contribution in [0, 0.1) is 6.92 Å². The van der Waals surface area contributed by atoms with Gasteiger partial charge in [-0.2, -0.15) is 0 Å². The van der Waals surface area contributed by atoms with Crippen molar-refractivity contribution in [3.8, 4) is 22.8 Å². The van der Waals surface area contributed by atoms with Gasteiger partial charge in [0.1, 0.15) is 11.5 Å². The van der Waals surface area contributed by atoms with Crippen LogP contribution in [-0.4, -0.2) is 14.7 Å². The summed E-state index contributed by atoms with van der Waals surface area (Å²) < 4.78 is 36.4. The highest BCUT2D eigenvalue weighted by Gasteiger charge is 2.18. The van der Waals surface area contributed by atoms with E-state index in [0.717, 1.165) is 10.7 Å². The smallest absolute Gasteiger partial charge is 0.228 e. The molecular formula is C19H14Br2O5S. The average Bonchev–Trinajstić information content (AvgIpc) is 2.58. The molecule has 0 saturated carbocycles. The molecule has 0 spiro atoms. The van der Waals surface area contributed by atoms with Gasteiger partial charge in [-0.15, -0.1) is 0 Å². The van der Waals surface area contributed by atoms with Crippen molar-refractivity contribution in [1.82, 2.24) is 0 Å². The zero-order valence-corrected chi connectivity index (χ0v) is 18.3. The van der Waals surface area contributed by atoms with E-state index >= 15 is 0 Å². The third-order valence-electron chi connectivity index (χ3n) is 3.68. The summed E-state index contributed by atoms with van der Waals surface area (Å²) in [6.07, 6.45) is 1.13. The van der Waals surface area contributed by atoms with E-state index in [9.17, 15) is 13.2 Å². The Morgan fingerprint density at radius 3 is 2.26 bits per heavy atom. The maximum Gasteiger partial charge on any atom is 0.228 e. The molecule has 3 rings (SSSR count). The van der Waals surface area contributed by atoms with Crippen LogP contribution in [0.25, 0.3) is 11.3 Å². The first kappa shape index (κ1) is 19.9. The molecule has 5 nitrogen and oxygen atoms in total. The van der Waals surface area contributed by atoms with Crippen LogP contribution < -0.4 is 10.2 Å². The molecule has 27 heavy (non-hydrogen) atoms. The Labute approximate surface area is 173 Å². The van der Waals surface area contributed by atoms with Crippen LogP contribution in [-0.2, 0) is 9.84 Å². The molecule has 0 aliphatic rings. The van der Waals surface area contributed by atoms with Gasteiger partial charge in [-0.3, -0.25) is 4.79 Å². The van der Waals surface area contributed by atoms with E-state index in [1.54, 1.807) is 37.3 Å². The molecule has 0 aliphatic heterocycles. The van der Waals surface area contributed by atoms with Gasteiger partial charge < -0.3 is 9.15 Å². The standard InChI is InChI=1S/C19H14Br2O5S/c1-11-9-16(22)19(26-17-8-5-13(20)10-15(17)21)18(25-11)12-3-6-14(7-4-12)27(2,23)24/h3-10H,1-2H3. The lowest BCUT2D eigenvalue weighted by molar-refractivity contribution is 0.436. The van der Waals surface area contributed by atoms with Crippen molar-refractivity contribution in [3.05, 3.63) is 73.5 Å². The summed E-state index contributed by atoms with van der Waals surface area (Å²) in [6, 6.07) is 12.7. The van der Waals surface area contributed by atoms with Crippen molar-refractivity contribution in [2.75, 3.05) is 6.26 Å². The largest absolute Gasteiger partial charge is 0.457 e. The second kappa shape index (κ2) is 7.61. The van der Waals surface area contributed by atoms with E-state index in [4.69, 9.17) is 9.15 Å². The first-order valence-corrected chi connectivity index (χ1v) is 11.2. The van der Waals surface area contributed by atoms with Crippen LogP contribution in [0.3, 0.4) is 0 Å². The van der Waals surface area contributed by atoms with Gasteiger partial charge in [-0.05, 0) is 65.3 Å². The van der Waals surface area contributed by atoms with Gasteiger partial charge in [0.2, 0.25) is 11.2 Å². The molecule has 0 aliphatic carbocycles. The predicted molar refractivity (Wildman–Crippen MR) is 110 cm³/mol. The molecule has 140 valence electrons. The highest BCUT2D eigenvalue weighted by molar-refractivity contribution is 9.11. The van der Waals surface area contributed by atoms with E-state index in [1.165, 1.54) is 18.2 Å². The first-order valence-electron chi connectivity index (χ1n) is 7.73. The summed E-state index contributed by atoms with van der Waals surface area (Å²) in [5, 5.41) is 0. The Bertz CT molecular complexity index is 1170. The van der Waals surface area contributed by atoms with Crippen LogP contribution in [0.4, 0.5) is 0 Å². The lowest BCUT2D eigenvalue weighted by atomic mass is 10.1. The van der Waals surface area contributed by atoms with E-state index in [1.807, 2.05) is 0 Å². The third-order valence-corrected chi connectivity index (χ3v) is 5.92. The summed E-state index contributed by atoms with van der Waals surface area (Å²) >= 11 is 6.77. The molecule has 1 aromatic heterocycles. The minimum atomic E-state index is -3.32. The highest BCUT2D eigenvalue weighted by atomic mass is 79.9. The summed E-state index contributed by atoms with van der Waals surface area (Å²) in [7, 11) is -3.32. The van der Waals surface area contributed by atoms with E-state index in [0.29, 0.717) is 21.5 Å². The fraction of sp³-hybridized carbons (Fsp3) is 0.105. The normalized spacial score (nSPS) is 11.4. The van der Waals surface area contributed by atoms with Gasteiger partial charge in [-0.1, -0.05) is 15.9 Å². The second-order valence-corrected chi connectivity index (χ2v) is 9.64. The zero-order valence-electron chi connectivity index (χ0n) is 14.3. The minimum absolute atomic E-state index is 0.0238. The summed E-state index contributed by atoms with van der Waals surface area (Å²) in [5.74, 6) is 1.12. The predicted octanol–water partition coefficient (Wildman–Crippen LogP) is 5.34. The van der Waals surface area contributed by atoms with Crippen molar-refractivity contribution < 1.29 is 17.6 Å².